The molecule has 0 fully saturated rings. The van der Waals surface area contributed by atoms with E-state index in [1.807, 2.05) is 18.2 Å². The Kier molecular flexibility index (Phi) is 5.93. The highest BCUT2D eigenvalue weighted by atomic mass is 19.4. The third-order valence-electron chi connectivity index (χ3n) is 3.73. The maximum atomic E-state index is 12.5. The van der Waals surface area contributed by atoms with Gasteiger partial charge in [-0.1, -0.05) is 18.2 Å². The van der Waals surface area contributed by atoms with Crippen LogP contribution in [0.25, 0.3) is 11.3 Å². The number of benzene rings is 1. The largest absolute Gasteiger partial charge is 0.573 e. The van der Waals surface area contributed by atoms with Gasteiger partial charge in [0.15, 0.2) is 0 Å². The maximum absolute atomic E-state index is 12.5. The predicted molar refractivity (Wildman–Crippen MR) is 100 cm³/mol. The normalized spacial score (nSPS) is 11.1. The highest BCUT2D eigenvalue weighted by molar-refractivity contribution is 5.65. The minimum Gasteiger partial charge on any atom is -0.406 e. The fraction of sp³-hybridized carbons (Fsp3) is 0.211. The minimum absolute atomic E-state index is 0.306. The molecule has 3 rings (SSSR count). The third-order valence-corrected chi connectivity index (χ3v) is 3.73. The molecule has 2 aromatic heterocycles. The molecule has 0 radical (unpaired) electrons. The van der Waals surface area contributed by atoms with Crippen molar-refractivity contribution in [2.24, 2.45) is 0 Å². The van der Waals surface area contributed by atoms with Gasteiger partial charge in [-0.25, -0.2) is 4.98 Å². The summed E-state index contributed by atoms with van der Waals surface area (Å²) in [6.07, 6.45) is -2.32. The fourth-order valence-electron chi connectivity index (χ4n) is 2.51. The number of rotatable bonds is 7. The Bertz CT molecular complexity index is 919. The Labute approximate surface area is 159 Å². The molecular formula is C19H18F3N5O. The molecule has 0 unspecified atom stereocenters. The van der Waals surface area contributed by atoms with Crippen LogP contribution in [-0.2, 0) is 6.42 Å². The van der Waals surface area contributed by atoms with E-state index < -0.39 is 6.36 Å². The second kappa shape index (κ2) is 8.55. The molecule has 9 heteroatoms. The van der Waals surface area contributed by atoms with Gasteiger partial charge in [-0.15, -0.1) is 13.2 Å². The Morgan fingerprint density at radius 3 is 2.61 bits per heavy atom. The van der Waals surface area contributed by atoms with Crippen molar-refractivity contribution >= 4 is 11.8 Å². The molecule has 0 saturated carbocycles. The van der Waals surface area contributed by atoms with Crippen LogP contribution < -0.4 is 15.4 Å². The van der Waals surface area contributed by atoms with Gasteiger partial charge in [-0.05, 0) is 24.3 Å². The van der Waals surface area contributed by atoms with E-state index in [0.29, 0.717) is 36.0 Å². The van der Waals surface area contributed by atoms with Gasteiger partial charge >= 0.3 is 6.36 Å². The maximum Gasteiger partial charge on any atom is 0.573 e. The van der Waals surface area contributed by atoms with Crippen LogP contribution in [0.15, 0.2) is 54.7 Å². The van der Waals surface area contributed by atoms with E-state index in [0.717, 1.165) is 5.69 Å². The van der Waals surface area contributed by atoms with Gasteiger partial charge in [0.05, 0.1) is 5.69 Å². The molecule has 0 spiro atoms. The number of nitrogens with zero attached hydrogens (tertiary/aromatic N) is 3. The van der Waals surface area contributed by atoms with E-state index >= 15 is 0 Å². The van der Waals surface area contributed by atoms with Crippen molar-refractivity contribution in [2.75, 3.05) is 24.2 Å². The molecule has 0 saturated heterocycles. The number of pyridine rings is 1. The van der Waals surface area contributed by atoms with Crippen molar-refractivity contribution in [3.8, 4) is 17.0 Å². The number of aromatic nitrogens is 3. The first-order chi connectivity index (χ1) is 13.4. The van der Waals surface area contributed by atoms with Gasteiger partial charge in [-0.2, -0.15) is 4.98 Å². The van der Waals surface area contributed by atoms with Gasteiger partial charge in [-0.3, -0.25) is 4.98 Å². The van der Waals surface area contributed by atoms with E-state index in [4.69, 9.17) is 0 Å². The van der Waals surface area contributed by atoms with Gasteiger partial charge in [0.2, 0.25) is 5.95 Å². The Morgan fingerprint density at radius 2 is 1.89 bits per heavy atom. The van der Waals surface area contributed by atoms with E-state index in [9.17, 15) is 13.2 Å². The van der Waals surface area contributed by atoms with E-state index in [1.165, 1.54) is 18.2 Å². The van der Waals surface area contributed by atoms with Crippen molar-refractivity contribution in [3.63, 3.8) is 0 Å². The highest BCUT2D eigenvalue weighted by Gasteiger charge is 2.31. The smallest absolute Gasteiger partial charge is 0.406 e. The molecule has 0 bridgehead atoms. The molecule has 3 aromatic rings. The molecule has 0 aliphatic heterocycles. The van der Waals surface area contributed by atoms with Gasteiger partial charge < -0.3 is 15.4 Å². The first-order valence-electron chi connectivity index (χ1n) is 8.50. The van der Waals surface area contributed by atoms with Crippen LogP contribution in [0.5, 0.6) is 5.75 Å². The predicted octanol–water partition coefficient (Wildman–Crippen LogP) is 4.13. The summed E-state index contributed by atoms with van der Waals surface area (Å²) < 4.78 is 41.4. The van der Waals surface area contributed by atoms with Crippen LogP contribution in [0.2, 0.25) is 0 Å². The van der Waals surface area contributed by atoms with Gasteiger partial charge in [0.1, 0.15) is 11.6 Å². The van der Waals surface area contributed by atoms with E-state index in [1.54, 1.807) is 25.4 Å². The molecule has 6 nitrogen and oxygen atoms in total. The zero-order valence-electron chi connectivity index (χ0n) is 15.0. The van der Waals surface area contributed by atoms with Crippen molar-refractivity contribution < 1.29 is 17.9 Å². The summed E-state index contributed by atoms with van der Waals surface area (Å²) in [7, 11) is 1.67. The lowest BCUT2D eigenvalue weighted by atomic mass is 10.1. The number of nitrogens with one attached hydrogen (secondary N) is 2. The van der Waals surface area contributed by atoms with Crippen molar-refractivity contribution in [3.05, 3.63) is 60.4 Å². The number of hydrogen-bond donors (Lipinski definition) is 2. The molecule has 0 aliphatic rings. The lowest BCUT2D eigenvalue weighted by Crippen LogP contribution is -2.17. The topological polar surface area (TPSA) is 72.0 Å². The molecule has 0 atom stereocenters. The summed E-state index contributed by atoms with van der Waals surface area (Å²) in [6, 6.07) is 13.0. The molecule has 2 N–H and O–H groups in total. The molecule has 146 valence electrons. The zero-order chi connectivity index (χ0) is 20.0. The number of alkyl halides is 3. The van der Waals surface area contributed by atoms with Crippen molar-refractivity contribution in [1.29, 1.82) is 0 Å². The number of hydrogen-bond acceptors (Lipinski definition) is 6. The average Bonchev–Trinajstić information content (AvgIpc) is 2.67. The number of anilines is 2. The first-order valence-corrected chi connectivity index (χ1v) is 8.50. The van der Waals surface area contributed by atoms with Crippen molar-refractivity contribution in [2.45, 2.75) is 12.8 Å². The lowest BCUT2D eigenvalue weighted by Gasteiger charge is -2.12. The number of halogens is 3. The Morgan fingerprint density at radius 1 is 1.04 bits per heavy atom. The number of ether oxygens (including phenoxy) is 1. The monoisotopic (exact) mass is 389 g/mol. The van der Waals surface area contributed by atoms with E-state index in [-0.39, 0.29) is 5.75 Å². The quantitative estimate of drug-likeness (QED) is 0.633. The minimum atomic E-state index is -4.75. The summed E-state index contributed by atoms with van der Waals surface area (Å²) in [5, 5.41) is 6.04. The molecule has 0 amide bonds. The average molecular weight is 389 g/mol. The van der Waals surface area contributed by atoms with Gasteiger partial charge in [0.25, 0.3) is 0 Å². The zero-order valence-corrected chi connectivity index (χ0v) is 15.0. The van der Waals surface area contributed by atoms with Crippen LogP contribution in [0, 0.1) is 0 Å². The van der Waals surface area contributed by atoms with E-state index in [2.05, 4.69) is 30.3 Å². The third kappa shape index (κ3) is 5.57. The standard InChI is InChI=1S/C19H18F3N5O/c1-23-18-26-16(13-5-4-7-15(11-13)28-19(20,21)22)12-17(27-18)25-10-8-14-6-2-3-9-24-14/h2-7,9,11-12H,8,10H2,1H3,(H2,23,25,26,27). The second-order valence-electron chi connectivity index (χ2n) is 5.79. The van der Waals surface area contributed by atoms with Crippen LogP contribution in [0.3, 0.4) is 0 Å². The second-order valence-corrected chi connectivity index (χ2v) is 5.79. The van der Waals surface area contributed by atoms with Crippen molar-refractivity contribution in [1.82, 2.24) is 15.0 Å². The molecular weight excluding hydrogens is 371 g/mol. The lowest BCUT2D eigenvalue weighted by molar-refractivity contribution is -0.274. The van der Waals surface area contributed by atoms with Crippen LogP contribution in [0.4, 0.5) is 24.9 Å². The first kappa shape index (κ1) is 19.4. The van der Waals surface area contributed by atoms with Crippen LogP contribution in [0.1, 0.15) is 5.69 Å². The Hall–Kier alpha value is -3.36. The SMILES string of the molecule is CNc1nc(NCCc2ccccn2)cc(-c2cccc(OC(F)(F)F)c2)n1. The molecule has 0 aliphatic carbocycles. The molecule has 1 aromatic carbocycles. The van der Waals surface area contributed by atoms with Crippen LogP contribution in [-0.4, -0.2) is 34.9 Å². The van der Waals surface area contributed by atoms with Crippen LogP contribution >= 0.6 is 0 Å². The summed E-state index contributed by atoms with van der Waals surface area (Å²) in [5.74, 6) is 0.590. The fourth-order valence-corrected chi connectivity index (χ4v) is 2.51. The Balaban J connectivity index is 1.78. The molecule has 2 heterocycles. The molecule has 28 heavy (non-hydrogen) atoms. The van der Waals surface area contributed by atoms with Gasteiger partial charge in [0, 0.05) is 43.5 Å². The summed E-state index contributed by atoms with van der Waals surface area (Å²) in [4.78, 5) is 12.9. The highest BCUT2D eigenvalue weighted by Crippen LogP contribution is 2.28. The summed E-state index contributed by atoms with van der Waals surface area (Å²) in [5.41, 5.74) is 1.89. The summed E-state index contributed by atoms with van der Waals surface area (Å²) in [6.45, 7) is 0.591. The summed E-state index contributed by atoms with van der Waals surface area (Å²) >= 11 is 0.